The SMILES string of the molecule is CCc1cccc(CC)c1NC(=O)COC(=O)[C@H]1CC(=O)N(c2ccc(F)cc2)C1. The fourth-order valence-electron chi connectivity index (χ4n) is 3.57. The predicted octanol–water partition coefficient (Wildman–Crippen LogP) is 3.49. The molecule has 1 aliphatic rings. The van der Waals surface area contributed by atoms with E-state index >= 15 is 0 Å². The molecule has 3 rings (SSSR count). The van der Waals surface area contributed by atoms with Crippen molar-refractivity contribution in [2.75, 3.05) is 23.4 Å². The van der Waals surface area contributed by atoms with Crippen LogP contribution in [0.1, 0.15) is 31.4 Å². The van der Waals surface area contributed by atoms with Gasteiger partial charge >= 0.3 is 5.97 Å². The quantitative estimate of drug-likeness (QED) is 0.707. The van der Waals surface area contributed by atoms with Crippen molar-refractivity contribution >= 4 is 29.2 Å². The topological polar surface area (TPSA) is 75.7 Å². The Morgan fingerprint density at radius 2 is 1.73 bits per heavy atom. The molecule has 6 nitrogen and oxygen atoms in total. The third-order valence-corrected chi connectivity index (χ3v) is 5.21. The van der Waals surface area contributed by atoms with E-state index in [0.29, 0.717) is 5.69 Å². The molecule has 2 aromatic carbocycles. The number of anilines is 2. The summed E-state index contributed by atoms with van der Waals surface area (Å²) < 4.78 is 18.3. The molecule has 0 spiro atoms. The van der Waals surface area contributed by atoms with Crippen LogP contribution in [0.3, 0.4) is 0 Å². The van der Waals surface area contributed by atoms with Gasteiger partial charge in [0.2, 0.25) is 5.91 Å². The number of amides is 2. The fourth-order valence-corrected chi connectivity index (χ4v) is 3.57. The highest BCUT2D eigenvalue weighted by Gasteiger charge is 2.36. The molecule has 0 saturated carbocycles. The zero-order chi connectivity index (χ0) is 21.7. The summed E-state index contributed by atoms with van der Waals surface area (Å²) in [5.74, 6) is -2.31. The highest BCUT2D eigenvalue weighted by atomic mass is 19.1. The van der Waals surface area contributed by atoms with E-state index in [1.54, 1.807) is 0 Å². The number of carbonyl (C=O) groups excluding carboxylic acids is 3. The van der Waals surface area contributed by atoms with Crippen LogP contribution in [-0.4, -0.2) is 30.9 Å². The van der Waals surface area contributed by atoms with Gasteiger partial charge in [-0.25, -0.2) is 4.39 Å². The summed E-state index contributed by atoms with van der Waals surface area (Å²) in [4.78, 5) is 38.4. The third-order valence-electron chi connectivity index (χ3n) is 5.21. The van der Waals surface area contributed by atoms with E-state index in [1.165, 1.54) is 29.2 Å². The molecule has 1 fully saturated rings. The third kappa shape index (κ3) is 4.84. The molecule has 1 aliphatic heterocycles. The zero-order valence-electron chi connectivity index (χ0n) is 17.1. The number of nitrogens with zero attached hydrogens (tertiary/aromatic N) is 1. The average Bonchev–Trinajstić information content (AvgIpc) is 3.14. The molecule has 1 atom stereocenters. The van der Waals surface area contributed by atoms with Gasteiger partial charge in [0, 0.05) is 24.3 Å². The van der Waals surface area contributed by atoms with Crippen molar-refractivity contribution in [3.05, 3.63) is 59.4 Å². The Bertz CT molecular complexity index is 920. The number of rotatable bonds is 7. The second-order valence-corrected chi connectivity index (χ2v) is 7.20. The van der Waals surface area contributed by atoms with E-state index in [0.717, 1.165) is 29.7 Å². The maximum absolute atomic E-state index is 13.1. The Hall–Kier alpha value is -3.22. The number of aryl methyl sites for hydroxylation is 2. The van der Waals surface area contributed by atoms with E-state index in [1.807, 2.05) is 32.0 Å². The van der Waals surface area contributed by atoms with Crippen LogP contribution in [0.4, 0.5) is 15.8 Å². The smallest absolute Gasteiger partial charge is 0.311 e. The first-order valence-electron chi connectivity index (χ1n) is 10.1. The van der Waals surface area contributed by atoms with Crippen molar-refractivity contribution in [1.29, 1.82) is 0 Å². The Morgan fingerprint density at radius 3 is 2.33 bits per heavy atom. The average molecular weight is 412 g/mol. The molecule has 0 aliphatic carbocycles. The molecule has 1 saturated heterocycles. The van der Waals surface area contributed by atoms with E-state index in [-0.39, 0.29) is 18.9 Å². The van der Waals surface area contributed by atoms with Crippen LogP contribution in [-0.2, 0) is 32.0 Å². The second-order valence-electron chi connectivity index (χ2n) is 7.20. The molecule has 1 N–H and O–H groups in total. The minimum Gasteiger partial charge on any atom is -0.455 e. The number of para-hydroxylation sites is 1. The minimum atomic E-state index is -0.663. The first-order valence-corrected chi connectivity index (χ1v) is 10.1. The molecule has 7 heteroatoms. The van der Waals surface area contributed by atoms with E-state index in [2.05, 4.69) is 5.32 Å². The van der Waals surface area contributed by atoms with Crippen LogP contribution in [0.5, 0.6) is 0 Å². The molecule has 1 heterocycles. The number of esters is 1. The van der Waals surface area contributed by atoms with Crippen LogP contribution >= 0.6 is 0 Å². The Balaban J connectivity index is 1.57. The lowest BCUT2D eigenvalue weighted by Gasteiger charge is -2.17. The second kappa shape index (κ2) is 9.52. The van der Waals surface area contributed by atoms with Gasteiger partial charge in [0.15, 0.2) is 6.61 Å². The van der Waals surface area contributed by atoms with E-state index in [4.69, 9.17) is 4.74 Å². The first kappa shape index (κ1) is 21.5. The number of benzene rings is 2. The van der Waals surface area contributed by atoms with Gasteiger partial charge in [0.1, 0.15) is 5.82 Å². The van der Waals surface area contributed by atoms with Crippen LogP contribution in [0.25, 0.3) is 0 Å². The maximum Gasteiger partial charge on any atom is 0.311 e. The van der Waals surface area contributed by atoms with Gasteiger partial charge < -0.3 is 15.0 Å². The van der Waals surface area contributed by atoms with Gasteiger partial charge in [-0.15, -0.1) is 0 Å². The molecule has 0 aromatic heterocycles. The Labute approximate surface area is 175 Å². The minimum absolute atomic E-state index is 0.00349. The molecule has 30 heavy (non-hydrogen) atoms. The van der Waals surface area contributed by atoms with E-state index in [9.17, 15) is 18.8 Å². The number of carbonyl (C=O) groups is 3. The number of nitrogens with one attached hydrogen (secondary N) is 1. The zero-order valence-corrected chi connectivity index (χ0v) is 17.1. The Kier molecular flexibility index (Phi) is 6.82. The van der Waals surface area contributed by atoms with Crippen molar-refractivity contribution in [2.45, 2.75) is 33.1 Å². The summed E-state index contributed by atoms with van der Waals surface area (Å²) in [5, 5.41) is 2.85. The molecule has 2 aromatic rings. The molecule has 0 unspecified atom stereocenters. The Morgan fingerprint density at radius 1 is 1.10 bits per heavy atom. The lowest BCUT2D eigenvalue weighted by Crippen LogP contribution is -2.28. The van der Waals surface area contributed by atoms with Crippen molar-refractivity contribution in [1.82, 2.24) is 0 Å². The monoisotopic (exact) mass is 412 g/mol. The largest absolute Gasteiger partial charge is 0.455 e. The molecule has 2 amide bonds. The summed E-state index contributed by atoms with van der Waals surface area (Å²) in [5.41, 5.74) is 3.33. The molecule has 0 radical (unpaired) electrons. The fraction of sp³-hybridized carbons (Fsp3) is 0.348. The van der Waals surface area contributed by atoms with Crippen LogP contribution < -0.4 is 10.2 Å². The van der Waals surface area contributed by atoms with Gasteiger partial charge in [0.05, 0.1) is 5.92 Å². The van der Waals surface area contributed by atoms with Gasteiger partial charge in [-0.3, -0.25) is 14.4 Å². The lowest BCUT2D eigenvalue weighted by molar-refractivity contribution is -0.151. The van der Waals surface area contributed by atoms with Gasteiger partial charge in [-0.2, -0.15) is 0 Å². The van der Waals surface area contributed by atoms with Crippen molar-refractivity contribution < 1.29 is 23.5 Å². The highest BCUT2D eigenvalue weighted by molar-refractivity contribution is 6.00. The van der Waals surface area contributed by atoms with Crippen molar-refractivity contribution in [3.8, 4) is 0 Å². The van der Waals surface area contributed by atoms with Gasteiger partial charge in [-0.05, 0) is 48.2 Å². The summed E-state index contributed by atoms with van der Waals surface area (Å²) in [6, 6.07) is 11.4. The number of halogens is 1. The van der Waals surface area contributed by atoms with E-state index < -0.39 is 30.2 Å². The van der Waals surface area contributed by atoms with Crippen LogP contribution in [0.2, 0.25) is 0 Å². The van der Waals surface area contributed by atoms with Gasteiger partial charge in [-0.1, -0.05) is 32.0 Å². The number of ether oxygens (including phenoxy) is 1. The molecular weight excluding hydrogens is 387 g/mol. The predicted molar refractivity (Wildman–Crippen MR) is 112 cm³/mol. The highest BCUT2D eigenvalue weighted by Crippen LogP contribution is 2.26. The molecule has 158 valence electrons. The first-order chi connectivity index (χ1) is 14.4. The molecule has 0 bridgehead atoms. The lowest BCUT2D eigenvalue weighted by atomic mass is 10.0. The number of hydrogen-bond donors (Lipinski definition) is 1. The standard InChI is InChI=1S/C23H25FN2O4/c1-3-15-6-5-7-16(4-2)22(15)25-20(27)14-30-23(29)17-12-21(28)26(13-17)19-10-8-18(24)9-11-19/h5-11,17H,3-4,12-14H2,1-2H3,(H,25,27)/t17-/m0/s1. The summed E-state index contributed by atoms with van der Waals surface area (Å²) in [6.45, 7) is 3.74. The van der Waals surface area contributed by atoms with Gasteiger partial charge in [0.25, 0.3) is 5.91 Å². The summed E-state index contributed by atoms with van der Waals surface area (Å²) >= 11 is 0. The summed E-state index contributed by atoms with van der Waals surface area (Å²) in [6.07, 6.45) is 1.54. The van der Waals surface area contributed by atoms with Crippen molar-refractivity contribution in [2.24, 2.45) is 5.92 Å². The summed E-state index contributed by atoms with van der Waals surface area (Å²) in [7, 11) is 0. The van der Waals surface area contributed by atoms with Crippen LogP contribution in [0.15, 0.2) is 42.5 Å². The maximum atomic E-state index is 13.1. The normalized spacial score (nSPS) is 15.9. The van der Waals surface area contributed by atoms with Crippen LogP contribution in [0, 0.1) is 11.7 Å². The van der Waals surface area contributed by atoms with Crippen molar-refractivity contribution in [3.63, 3.8) is 0 Å². The number of hydrogen-bond acceptors (Lipinski definition) is 4. The molecular formula is C23H25FN2O4.